The van der Waals surface area contributed by atoms with Gasteiger partial charge in [-0.2, -0.15) is 5.10 Å². The van der Waals surface area contributed by atoms with Crippen LogP contribution >= 0.6 is 0 Å². The number of hydrogen-bond donors (Lipinski definition) is 1. The molecule has 1 aromatic rings. The first-order valence-electron chi connectivity index (χ1n) is 5.95. The minimum Gasteiger partial charge on any atom is -0.308 e. The van der Waals surface area contributed by atoms with Gasteiger partial charge in [0, 0.05) is 12.7 Å². The Bertz CT molecular complexity index is 278. The molecule has 0 aliphatic heterocycles. The fraction of sp³-hybridized carbons (Fsp3) is 0.750. The van der Waals surface area contributed by atoms with Gasteiger partial charge in [0.25, 0.3) is 0 Å². The highest BCUT2D eigenvalue weighted by molar-refractivity contribution is 5.07. The van der Waals surface area contributed by atoms with E-state index >= 15 is 0 Å². The van der Waals surface area contributed by atoms with E-state index in [-0.39, 0.29) is 0 Å². The van der Waals surface area contributed by atoms with E-state index in [1.165, 1.54) is 12.1 Å². The lowest BCUT2D eigenvalue weighted by Gasteiger charge is -2.23. The minimum absolute atomic E-state index is 0.424. The fourth-order valence-corrected chi connectivity index (χ4v) is 1.85. The van der Waals surface area contributed by atoms with Crippen LogP contribution in [0.15, 0.2) is 12.3 Å². The molecule has 1 heterocycles. The van der Waals surface area contributed by atoms with Crippen molar-refractivity contribution in [3.8, 4) is 0 Å². The van der Waals surface area contributed by atoms with Crippen molar-refractivity contribution in [3.63, 3.8) is 0 Å². The zero-order valence-electron chi connectivity index (χ0n) is 10.3. The molecule has 0 aromatic carbocycles. The molecule has 0 amide bonds. The highest BCUT2D eigenvalue weighted by Crippen LogP contribution is 2.21. The molecule has 0 saturated heterocycles. The Morgan fingerprint density at radius 2 is 2.13 bits per heavy atom. The lowest BCUT2D eigenvalue weighted by Crippen LogP contribution is -2.28. The van der Waals surface area contributed by atoms with Crippen LogP contribution in [0.5, 0.6) is 0 Å². The summed E-state index contributed by atoms with van der Waals surface area (Å²) in [6, 6.07) is 2.55. The minimum atomic E-state index is 0.424. The highest BCUT2D eigenvalue weighted by Gasteiger charge is 2.18. The Labute approximate surface area is 92.9 Å². The Morgan fingerprint density at radius 1 is 1.40 bits per heavy atom. The molecule has 0 aliphatic carbocycles. The zero-order chi connectivity index (χ0) is 11.3. The molecule has 0 spiro atoms. The van der Waals surface area contributed by atoms with E-state index in [2.05, 4.69) is 48.9 Å². The van der Waals surface area contributed by atoms with Gasteiger partial charge in [0.2, 0.25) is 0 Å². The average molecular weight is 209 g/mol. The zero-order valence-corrected chi connectivity index (χ0v) is 10.3. The van der Waals surface area contributed by atoms with Crippen molar-refractivity contribution >= 4 is 0 Å². The van der Waals surface area contributed by atoms with Gasteiger partial charge in [-0.05, 0) is 31.9 Å². The van der Waals surface area contributed by atoms with Gasteiger partial charge in [-0.3, -0.25) is 4.68 Å². The van der Waals surface area contributed by atoms with Crippen molar-refractivity contribution in [3.05, 3.63) is 18.0 Å². The second-order valence-corrected chi connectivity index (χ2v) is 4.25. The number of nitrogens with one attached hydrogen (secondary N) is 1. The fourth-order valence-electron chi connectivity index (χ4n) is 1.85. The topological polar surface area (TPSA) is 29.9 Å². The van der Waals surface area contributed by atoms with Crippen LogP contribution in [0.1, 0.15) is 45.9 Å². The molecule has 1 unspecified atom stereocenters. The molecule has 0 fully saturated rings. The van der Waals surface area contributed by atoms with Gasteiger partial charge in [-0.25, -0.2) is 0 Å². The predicted octanol–water partition coefficient (Wildman–Crippen LogP) is 2.60. The lowest BCUT2D eigenvalue weighted by molar-refractivity contribution is 0.385. The van der Waals surface area contributed by atoms with Crippen molar-refractivity contribution in [1.29, 1.82) is 0 Å². The molecule has 1 aromatic heterocycles. The van der Waals surface area contributed by atoms with Gasteiger partial charge in [0.05, 0.1) is 11.7 Å². The SMILES string of the molecule is CCCNC(c1ccnn1CC)C(C)C. The Balaban J connectivity index is 2.78. The first-order chi connectivity index (χ1) is 7.20. The van der Waals surface area contributed by atoms with Crippen LogP contribution < -0.4 is 5.32 Å². The molecule has 15 heavy (non-hydrogen) atoms. The van der Waals surface area contributed by atoms with Gasteiger partial charge >= 0.3 is 0 Å². The standard InChI is InChI=1S/C12H23N3/c1-5-8-13-12(10(3)4)11-7-9-14-15(11)6-2/h7,9-10,12-13H,5-6,8H2,1-4H3. The molecule has 0 aliphatic rings. The molecule has 1 rings (SSSR count). The lowest BCUT2D eigenvalue weighted by atomic mass is 10.0. The van der Waals surface area contributed by atoms with E-state index < -0.39 is 0 Å². The second kappa shape index (κ2) is 5.91. The summed E-state index contributed by atoms with van der Waals surface area (Å²) < 4.78 is 2.08. The predicted molar refractivity (Wildman–Crippen MR) is 63.8 cm³/mol. The Morgan fingerprint density at radius 3 is 2.67 bits per heavy atom. The third-order valence-corrected chi connectivity index (χ3v) is 2.65. The first kappa shape index (κ1) is 12.2. The normalized spacial score (nSPS) is 13.4. The van der Waals surface area contributed by atoms with Gasteiger partial charge in [0.15, 0.2) is 0 Å². The number of nitrogens with zero attached hydrogens (tertiary/aromatic N) is 2. The van der Waals surface area contributed by atoms with Crippen LogP contribution in [-0.2, 0) is 6.54 Å². The monoisotopic (exact) mass is 209 g/mol. The Hall–Kier alpha value is -0.830. The summed E-state index contributed by atoms with van der Waals surface area (Å²) in [5, 5.41) is 7.91. The molecule has 86 valence electrons. The van der Waals surface area contributed by atoms with Crippen LogP contribution in [-0.4, -0.2) is 16.3 Å². The third kappa shape index (κ3) is 3.06. The van der Waals surface area contributed by atoms with Gasteiger partial charge in [0.1, 0.15) is 0 Å². The second-order valence-electron chi connectivity index (χ2n) is 4.25. The van der Waals surface area contributed by atoms with Crippen LogP contribution in [0, 0.1) is 5.92 Å². The maximum atomic E-state index is 4.32. The number of aryl methyl sites for hydroxylation is 1. The van der Waals surface area contributed by atoms with Crippen LogP contribution in [0.2, 0.25) is 0 Å². The molecule has 3 heteroatoms. The van der Waals surface area contributed by atoms with Gasteiger partial charge in [-0.15, -0.1) is 0 Å². The highest BCUT2D eigenvalue weighted by atomic mass is 15.3. The largest absolute Gasteiger partial charge is 0.308 e. The van der Waals surface area contributed by atoms with E-state index in [0.717, 1.165) is 13.1 Å². The van der Waals surface area contributed by atoms with E-state index in [1.807, 2.05) is 6.20 Å². The molecule has 3 nitrogen and oxygen atoms in total. The molecule has 0 radical (unpaired) electrons. The van der Waals surface area contributed by atoms with Crippen LogP contribution in [0.25, 0.3) is 0 Å². The number of hydrogen-bond acceptors (Lipinski definition) is 2. The van der Waals surface area contributed by atoms with Crippen LogP contribution in [0.3, 0.4) is 0 Å². The maximum Gasteiger partial charge on any atom is 0.0556 e. The quantitative estimate of drug-likeness (QED) is 0.780. The van der Waals surface area contributed by atoms with Crippen molar-refractivity contribution < 1.29 is 0 Å². The molecular formula is C12H23N3. The van der Waals surface area contributed by atoms with Crippen LogP contribution in [0.4, 0.5) is 0 Å². The number of rotatable bonds is 6. The van der Waals surface area contributed by atoms with E-state index in [9.17, 15) is 0 Å². The van der Waals surface area contributed by atoms with E-state index in [4.69, 9.17) is 0 Å². The van der Waals surface area contributed by atoms with Crippen molar-refractivity contribution in [2.45, 2.75) is 46.7 Å². The summed E-state index contributed by atoms with van der Waals surface area (Å²) in [6.07, 6.45) is 3.06. The molecule has 0 bridgehead atoms. The maximum absolute atomic E-state index is 4.32. The summed E-state index contributed by atoms with van der Waals surface area (Å²) in [7, 11) is 0. The molecule has 0 saturated carbocycles. The van der Waals surface area contributed by atoms with E-state index in [1.54, 1.807) is 0 Å². The number of aromatic nitrogens is 2. The van der Waals surface area contributed by atoms with Crippen molar-refractivity contribution in [2.75, 3.05) is 6.54 Å². The van der Waals surface area contributed by atoms with Gasteiger partial charge < -0.3 is 5.32 Å². The summed E-state index contributed by atoms with van der Waals surface area (Å²) >= 11 is 0. The summed E-state index contributed by atoms with van der Waals surface area (Å²) in [6.45, 7) is 10.8. The third-order valence-electron chi connectivity index (χ3n) is 2.65. The Kier molecular flexibility index (Phi) is 4.82. The molecular weight excluding hydrogens is 186 g/mol. The van der Waals surface area contributed by atoms with Crippen molar-refractivity contribution in [2.24, 2.45) is 5.92 Å². The first-order valence-corrected chi connectivity index (χ1v) is 5.95. The van der Waals surface area contributed by atoms with Gasteiger partial charge in [-0.1, -0.05) is 20.8 Å². The summed E-state index contributed by atoms with van der Waals surface area (Å²) in [5.41, 5.74) is 1.31. The average Bonchev–Trinajstić information content (AvgIpc) is 2.66. The summed E-state index contributed by atoms with van der Waals surface area (Å²) in [4.78, 5) is 0. The smallest absolute Gasteiger partial charge is 0.0556 e. The van der Waals surface area contributed by atoms with E-state index in [0.29, 0.717) is 12.0 Å². The molecule has 1 N–H and O–H groups in total. The molecule has 1 atom stereocenters. The van der Waals surface area contributed by atoms with Crippen molar-refractivity contribution in [1.82, 2.24) is 15.1 Å². The summed E-state index contributed by atoms with van der Waals surface area (Å²) in [5.74, 6) is 0.596.